The van der Waals surface area contributed by atoms with Gasteiger partial charge in [-0.1, -0.05) is 47.3 Å². The number of benzene rings is 1. The third-order valence-corrected chi connectivity index (χ3v) is 6.22. The number of hydrogen-bond donors (Lipinski definition) is 2. The molecule has 0 bridgehead atoms. The largest absolute Gasteiger partial charge is 0.410 e. The zero-order valence-electron chi connectivity index (χ0n) is 15.7. The van der Waals surface area contributed by atoms with Crippen LogP contribution in [0.25, 0.3) is 0 Å². The van der Waals surface area contributed by atoms with Crippen LogP contribution < -0.4 is 10.6 Å². The highest BCUT2D eigenvalue weighted by Gasteiger charge is 2.47. The molecule has 0 saturated heterocycles. The number of amides is 1. The molecule has 1 fully saturated rings. The van der Waals surface area contributed by atoms with Crippen molar-refractivity contribution in [3.63, 3.8) is 0 Å². The topological polar surface area (TPSA) is 59.0 Å². The van der Waals surface area contributed by atoms with Gasteiger partial charge < -0.3 is 10.6 Å². The van der Waals surface area contributed by atoms with E-state index >= 15 is 0 Å². The number of anilines is 1. The van der Waals surface area contributed by atoms with E-state index in [1.807, 2.05) is 0 Å². The molecule has 2 aromatic rings. The molecule has 29 heavy (non-hydrogen) atoms. The van der Waals surface area contributed by atoms with Gasteiger partial charge in [0, 0.05) is 16.9 Å². The third kappa shape index (κ3) is 4.29. The predicted molar refractivity (Wildman–Crippen MR) is 107 cm³/mol. The van der Waals surface area contributed by atoms with Gasteiger partial charge in [-0.15, -0.1) is 0 Å². The molecule has 2 heterocycles. The minimum Gasteiger partial charge on any atom is -0.363 e. The summed E-state index contributed by atoms with van der Waals surface area (Å²) in [6.07, 6.45) is 1.64. The van der Waals surface area contributed by atoms with Crippen LogP contribution in [0.2, 0.25) is 0 Å². The summed E-state index contributed by atoms with van der Waals surface area (Å²) in [6, 6.07) is 4.86. The van der Waals surface area contributed by atoms with Crippen molar-refractivity contribution < 1.29 is 18.0 Å². The molecule has 1 aliphatic heterocycles. The van der Waals surface area contributed by atoms with Crippen LogP contribution in [-0.2, 0) is 0 Å². The number of rotatable bonds is 3. The summed E-state index contributed by atoms with van der Waals surface area (Å²) in [5.41, 5.74) is 0.889. The van der Waals surface area contributed by atoms with E-state index in [1.54, 1.807) is 24.3 Å². The fraction of sp³-hybridized carbons (Fsp3) is 0.500. The number of carbonyl (C=O) groups excluding carboxylic acids is 1. The molecule has 1 aromatic heterocycles. The van der Waals surface area contributed by atoms with Gasteiger partial charge in [-0.25, -0.2) is 4.68 Å². The van der Waals surface area contributed by atoms with Gasteiger partial charge in [0.25, 0.3) is 5.91 Å². The van der Waals surface area contributed by atoms with E-state index in [9.17, 15) is 18.0 Å². The summed E-state index contributed by atoms with van der Waals surface area (Å²) in [5.74, 6) is -0.247. The lowest BCUT2D eigenvalue weighted by molar-refractivity contribution is -0.173. The van der Waals surface area contributed by atoms with Gasteiger partial charge in [0.2, 0.25) is 0 Å². The molecule has 4 rings (SSSR count). The van der Waals surface area contributed by atoms with Crippen molar-refractivity contribution in [2.45, 2.75) is 62.8 Å². The molecule has 1 saturated carbocycles. The van der Waals surface area contributed by atoms with Gasteiger partial charge in [-0.2, -0.15) is 18.3 Å². The van der Waals surface area contributed by atoms with E-state index in [-0.39, 0.29) is 29.8 Å². The number of nitrogens with zero attached hydrogens (tertiary/aromatic N) is 2. The van der Waals surface area contributed by atoms with E-state index < -0.39 is 18.3 Å². The van der Waals surface area contributed by atoms with E-state index in [4.69, 9.17) is 0 Å². The molecule has 156 valence electrons. The quantitative estimate of drug-likeness (QED) is 0.633. The van der Waals surface area contributed by atoms with Crippen molar-refractivity contribution in [1.29, 1.82) is 0 Å². The Morgan fingerprint density at radius 3 is 2.52 bits per heavy atom. The Morgan fingerprint density at radius 1 is 1.17 bits per heavy atom. The Kier molecular flexibility index (Phi) is 5.59. The molecular formula is C20H22BrF3N4O. The lowest BCUT2D eigenvalue weighted by Crippen LogP contribution is -2.38. The summed E-state index contributed by atoms with van der Waals surface area (Å²) in [6.45, 7) is 0. The second-order valence-electron chi connectivity index (χ2n) is 7.70. The third-order valence-electron chi connectivity index (χ3n) is 5.70. The summed E-state index contributed by atoms with van der Waals surface area (Å²) in [5, 5.41) is 10.0. The highest BCUT2D eigenvalue weighted by molar-refractivity contribution is 9.10. The number of hydrogen-bond acceptors (Lipinski definition) is 3. The van der Waals surface area contributed by atoms with Crippen molar-refractivity contribution >= 4 is 27.7 Å². The number of nitrogens with one attached hydrogen (secondary N) is 2. The molecule has 2 N–H and O–H groups in total. The normalized spacial score (nSPS) is 22.6. The van der Waals surface area contributed by atoms with E-state index in [1.165, 1.54) is 6.20 Å². The first-order chi connectivity index (χ1) is 13.8. The summed E-state index contributed by atoms with van der Waals surface area (Å²) in [7, 11) is 0. The Morgan fingerprint density at radius 2 is 1.86 bits per heavy atom. The van der Waals surface area contributed by atoms with E-state index in [2.05, 4.69) is 31.7 Å². The van der Waals surface area contributed by atoms with Gasteiger partial charge in [-0.05, 0) is 30.5 Å². The molecule has 0 radical (unpaired) electrons. The first kappa shape index (κ1) is 20.3. The number of halogens is 4. The van der Waals surface area contributed by atoms with Crippen LogP contribution in [0.4, 0.5) is 19.0 Å². The van der Waals surface area contributed by atoms with Crippen LogP contribution in [0.5, 0.6) is 0 Å². The van der Waals surface area contributed by atoms with E-state index in [0.717, 1.165) is 46.8 Å². The Balaban J connectivity index is 1.64. The van der Waals surface area contributed by atoms with E-state index in [0.29, 0.717) is 0 Å². The van der Waals surface area contributed by atoms with Crippen LogP contribution in [0.1, 0.15) is 66.5 Å². The Hall–Kier alpha value is -2.03. The highest BCUT2D eigenvalue weighted by Crippen LogP contribution is 2.44. The zero-order chi connectivity index (χ0) is 20.6. The molecule has 9 heteroatoms. The molecular weight excluding hydrogens is 449 g/mol. The molecule has 2 unspecified atom stereocenters. The first-order valence-electron chi connectivity index (χ1n) is 9.80. The molecule has 1 amide bonds. The van der Waals surface area contributed by atoms with Crippen molar-refractivity contribution in [3.8, 4) is 0 Å². The van der Waals surface area contributed by atoms with Crippen LogP contribution in [-0.4, -0.2) is 27.9 Å². The predicted octanol–water partition coefficient (Wildman–Crippen LogP) is 5.37. The molecule has 0 spiro atoms. The average Bonchev–Trinajstić information content (AvgIpc) is 3.12. The molecule has 1 aromatic carbocycles. The van der Waals surface area contributed by atoms with Crippen molar-refractivity contribution in [3.05, 3.63) is 46.1 Å². The van der Waals surface area contributed by atoms with Crippen molar-refractivity contribution in [1.82, 2.24) is 15.1 Å². The minimum atomic E-state index is -4.46. The fourth-order valence-corrected chi connectivity index (χ4v) is 4.42. The Bertz CT molecular complexity index is 875. The van der Waals surface area contributed by atoms with Gasteiger partial charge in [0.1, 0.15) is 11.4 Å². The molecule has 5 nitrogen and oxygen atoms in total. The van der Waals surface area contributed by atoms with Gasteiger partial charge in [0.15, 0.2) is 6.04 Å². The fourth-order valence-electron chi connectivity index (χ4n) is 4.15. The number of alkyl halides is 3. The highest BCUT2D eigenvalue weighted by atomic mass is 79.9. The van der Waals surface area contributed by atoms with Crippen LogP contribution in [0.15, 0.2) is 34.9 Å². The van der Waals surface area contributed by atoms with Crippen LogP contribution in [0, 0.1) is 0 Å². The molecule has 2 aliphatic rings. The standard InChI is InChI=1S/C20H22BrF3N4O/c21-13-8-6-12(7-9-13)16-10-17(20(22,23)24)28-18(27-16)15(11-25-28)19(29)26-14-4-2-1-3-5-14/h6-9,11,14,16-17,27H,1-5,10H2,(H,26,29). The summed E-state index contributed by atoms with van der Waals surface area (Å²) < 4.78 is 43.0. The second-order valence-corrected chi connectivity index (χ2v) is 8.62. The van der Waals surface area contributed by atoms with Crippen molar-refractivity contribution in [2.24, 2.45) is 0 Å². The maximum absolute atomic E-state index is 13.8. The SMILES string of the molecule is O=C(NC1CCCCC1)c1cnn2c1NC(c1ccc(Br)cc1)CC2C(F)(F)F. The molecule has 1 aliphatic carbocycles. The average molecular weight is 471 g/mol. The van der Waals surface area contributed by atoms with Crippen LogP contribution in [0.3, 0.4) is 0 Å². The second kappa shape index (κ2) is 8.01. The number of carbonyl (C=O) groups is 1. The summed E-state index contributed by atoms with van der Waals surface area (Å²) >= 11 is 3.34. The minimum absolute atomic E-state index is 0.0658. The first-order valence-corrected chi connectivity index (χ1v) is 10.6. The lowest BCUT2D eigenvalue weighted by Gasteiger charge is -2.34. The lowest BCUT2D eigenvalue weighted by atomic mass is 9.95. The smallest absolute Gasteiger partial charge is 0.363 e. The Labute approximate surface area is 175 Å². The maximum atomic E-state index is 13.8. The maximum Gasteiger partial charge on any atom is 0.410 e. The molecule has 2 atom stereocenters. The number of aromatic nitrogens is 2. The van der Waals surface area contributed by atoms with Gasteiger partial charge >= 0.3 is 6.18 Å². The van der Waals surface area contributed by atoms with Crippen LogP contribution >= 0.6 is 15.9 Å². The zero-order valence-corrected chi connectivity index (χ0v) is 17.3. The number of fused-ring (bicyclic) bond motifs is 1. The van der Waals surface area contributed by atoms with Gasteiger partial charge in [-0.3, -0.25) is 4.79 Å². The summed E-state index contributed by atoms with van der Waals surface area (Å²) in [4.78, 5) is 12.8. The monoisotopic (exact) mass is 470 g/mol. The van der Waals surface area contributed by atoms with Gasteiger partial charge in [0.05, 0.1) is 12.2 Å². The van der Waals surface area contributed by atoms with Crippen molar-refractivity contribution in [2.75, 3.05) is 5.32 Å².